The summed E-state index contributed by atoms with van der Waals surface area (Å²) in [6.45, 7) is 0. The molecule has 0 radical (unpaired) electrons. The zero-order valence-electron chi connectivity index (χ0n) is 37.5. The van der Waals surface area contributed by atoms with E-state index in [0.29, 0.717) is 0 Å². The highest BCUT2D eigenvalue weighted by atomic mass is 15.0. The van der Waals surface area contributed by atoms with E-state index >= 15 is 0 Å². The Morgan fingerprint density at radius 1 is 0.324 bits per heavy atom. The van der Waals surface area contributed by atoms with Gasteiger partial charge in [-0.1, -0.05) is 206 Å². The number of rotatable bonds is 8. The zero-order chi connectivity index (χ0) is 45.0. The molecule has 1 aliphatic rings. The van der Waals surface area contributed by atoms with E-state index in [1.165, 1.54) is 93.4 Å². The van der Waals surface area contributed by atoms with E-state index in [1.54, 1.807) is 0 Å². The number of allylic oxidation sites excluding steroid dienone is 4. The van der Waals surface area contributed by atoms with Gasteiger partial charge in [-0.2, -0.15) is 0 Å². The molecule has 0 saturated heterocycles. The maximum Gasteiger partial charge on any atom is 0.0535 e. The summed E-state index contributed by atoms with van der Waals surface area (Å²) >= 11 is 0. The number of hydrogen-bond acceptors (Lipinski definition) is 0. The lowest BCUT2D eigenvalue weighted by molar-refractivity contribution is 0.786. The first-order chi connectivity index (χ1) is 33.8. The standard InChI is InChI=1S/C66H46N2/c1-6-20-45(21-7-1)61-38-39-62(46-22-8-2-9-23-46)67(61)51-35-37-57-59(43-51)65(49-28-14-5-15-29-49)56-36-34-52(68-63(47-24-10-3-11-25-47)40-41-64(68)48-26-12-4-13-27-48)44-60(56)66(57)58-42-50-30-16-17-31-53(50)54-32-18-19-33-55(54)58/h1-22,24-44,46H,23H2. The third-order valence-corrected chi connectivity index (χ3v) is 14.1. The van der Waals surface area contributed by atoms with Crippen LogP contribution in [0.1, 0.15) is 18.0 Å². The van der Waals surface area contributed by atoms with Crippen molar-refractivity contribution in [1.29, 1.82) is 0 Å². The van der Waals surface area contributed by atoms with Gasteiger partial charge in [-0.3, -0.25) is 0 Å². The number of nitrogens with zero attached hydrogens (tertiary/aromatic N) is 2. The Hall–Kier alpha value is -8.72. The van der Waals surface area contributed by atoms with Crippen LogP contribution in [0.3, 0.4) is 0 Å². The molecule has 0 saturated carbocycles. The lowest BCUT2D eigenvalue weighted by Gasteiger charge is -2.23. The number of aromatic nitrogens is 2. The summed E-state index contributed by atoms with van der Waals surface area (Å²) in [7, 11) is 0. The summed E-state index contributed by atoms with van der Waals surface area (Å²) in [6.07, 6.45) is 9.96. The minimum absolute atomic E-state index is 0.256. The van der Waals surface area contributed by atoms with Crippen molar-refractivity contribution in [2.24, 2.45) is 0 Å². The molecule has 1 unspecified atom stereocenters. The zero-order valence-corrected chi connectivity index (χ0v) is 37.5. The molecule has 0 aliphatic heterocycles. The van der Waals surface area contributed by atoms with Gasteiger partial charge in [-0.25, -0.2) is 0 Å². The second-order valence-corrected chi connectivity index (χ2v) is 17.9. The second-order valence-electron chi connectivity index (χ2n) is 17.9. The number of hydrogen-bond donors (Lipinski definition) is 0. The molecule has 68 heavy (non-hydrogen) atoms. The Labute approximate surface area is 396 Å². The van der Waals surface area contributed by atoms with Gasteiger partial charge < -0.3 is 9.13 Å². The van der Waals surface area contributed by atoms with Crippen LogP contribution in [0.2, 0.25) is 0 Å². The smallest absolute Gasteiger partial charge is 0.0535 e. The van der Waals surface area contributed by atoms with Crippen LogP contribution < -0.4 is 0 Å². The second kappa shape index (κ2) is 16.6. The van der Waals surface area contributed by atoms with Crippen molar-refractivity contribution in [3.05, 3.63) is 267 Å². The van der Waals surface area contributed by atoms with Gasteiger partial charge in [0.05, 0.1) is 17.1 Å². The molecule has 2 heteroatoms. The van der Waals surface area contributed by atoms with Crippen LogP contribution in [0, 0.1) is 0 Å². The molecule has 2 aromatic heterocycles. The quantitative estimate of drug-likeness (QED) is 0.106. The van der Waals surface area contributed by atoms with Gasteiger partial charge in [-0.15, -0.1) is 0 Å². The first-order valence-corrected chi connectivity index (χ1v) is 23.7. The van der Waals surface area contributed by atoms with E-state index in [-0.39, 0.29) is 5.92 Å². The van der Waals surface area contributed by atoms with Gasteiger partial charge in [0, 0.05) is 23.0 Å². The number of benzene rings is 10. The van der Waals surface area contributed by atoms with Gasteiger partial charge in [0.2, 0.25) is 0 Å². The van der Waals surface area contributed by atoms with Gasteiger partial charge in [0.25, 0.3) is 0 Å². The average Bonchev–Trinajstić information content (AvgIpc) is 4.08. The maximum atomic E-state index is 2.51. The van der Waals surface area contributed by atoms with Crippen LogP contribution in [0.15, 0.2) is 261 Å². The fourth-order valence-electron chi connectivity index (χ4n) is 11.0. The Morgan fingerprint density at radius 2 is 0.809 bits per heavy atom. The third-order valence-electron chi connectivity index (χ3n) is 14.1. The predicted octanol–water partition coefficient (Wildman–Crippen LogP) is 17.8. The van der Waals surface area contributed by atoms with Crippen molar-refractivity contribution in [2.75, 3.05) is 0 Å². The minimum Gasteiger partial charge on any atom is -0.313 e. The van der Waals surface area contributed by atoms with Crippen molar-refractivity contribution >= 4 is 43.1 Å². The summed E-state index contributed by atoms with van der Waals surface area (Å²) in [5.41, 5.74) is 15.4. The third kappa shape index (κ3) is 6.64. The molecular weight excluding hydrogens is 821 g/mol. The Balaban J connectivity index is 1.17. The fraction of sp³-hybridized carbons (Fsp3) is 0.0303. The van der Waals surface area contributed by atoms with Crippen LogP contribution in [-0.2, 0) is 0 Å². The van der Waals surface area contributed by atoms with Crippen molar-refractivity contribution in [2.45, 2.75) is 12.3 Å². The monoisotopic (exact) mass is 866 g/mol. The lowest BCUT2D eigenvalue weighted by atomic mass is 9.83. The Morgan fingerprint density at radius 3 is 1.41 bits per heavy atom. The van der Waals surface area contributed by atoms with E-state index in [9.17, 15) is 0 Å². The molecule has 2 nitrogen and oxygen atoms in total. The van der Waals surface area contributed by atoms with E-state index in [4.69, 9.17) is 0 Å². The van der Waals surface area contributed by atoms with E-state index in [1.807, 2.05) is 0 Å². The molecule has 12 aromatic rings. The molecular formula is C66H46N2. The normalized spacial score (nSPS) is 13.6. The predicted molar refractivity (Wildman–Crippen MR) is 288 cm³/mol. The highest BCUT2D eigenvalue weighted by molar-refractivity contribution is 6.26. The summed E-state index contributed by atoms with van der Waals surface area (Å²) in [4.78, 5) is 0. The lowest BCUT2D eigenvalue weighted by Crippen LogP contribution is -2.07. The summed E-state index contributed by atoms with van der Waals surface area (Å²) in [5, 5.41) is 9.83. The van der Waals surface area contributed by atoms with Gasteiger partial charge in [-0.05, 0) is 143 Å². The first kappa shape index (κ1) is 39.6. The van der Waals surface area contributed by atoms with Gasteiger partial charge >= 0.3 is 0 Å². The topological polar surface area (TPSA) is 9.86 Å². The van der Waals surface area contributed by atoms with Crippen LogP contribution in [0.25, 0.3) is 110 Å². The highest BCUT2D eigenvalue weighted by Crippen LogP contribution is 2.49. The molecule has 0 N–H and O–H groups in total. The van der Waals surface area contributed by atoms with Crippen LogP contribution in [-0.4, -0.2) is 9.13 Å². The molecule has 2 heterocycles. The molecule has 0 amide bonds. The molecule has 1 aliphatic carbocycles. The Kier molecular flexibility index (Phi) is 9.68. The summed E-state index contributed by atoms with van der Waals surface area (Å²) < 4.78 is 4.97. The Bertz CT molecular complexity index is 3850. The van der Waals surface area contributed by atoms with Crippen molar-refractivity contribution < 1.29 is 0 Å². The minimum atomic E-state index is 0.256. The first-order valence-electron chi connectivity index (χ1n) is 23.7. The molecule has 320 valence electrons. The SMILES string of the molecule is C1=CCC(c2ccc(-c3ccccc3)n2-c2ccc3c(-c4cc5ccccc5c5ccccc45)c4cc(-n5c(-c6ccccc6)ccc5-c5ccccc5)ccc4c(-c4ccccc4)c3c2)C=C1. The van der Waals surface area contributed by atoms with Crippen molar-refractivity contribution in [3.63, 3.8) is 0 Å². The summed E-state index contributed by atoms with van der Waals surface area (Å²) in [6, 6.07) is 87.4. The van der Waals surface area contributed by atoms with Crippen molar-refractivity contribution in [3.8, 4) is 67.4 Å². The van der Waals surface area contributed by atoms with Crippen molar-refractivity contribution in [1.82, 2.24) is 9.13 Å². The van der Waals surface area contributed by atoms with Crippen LogP contribution >= 0.6 is 0 Å². The van der Waals surface area contributed by atoms with Gasteiger partial charge in [0.1, 0.15) is 0 Å². The van der Waals surface area contributed by atoms with Crippen LogP contribution in [0.4, 0.5) is 0 Å². The van der Waals surface area contributed by atoms with Crippen LogP contribution in [0.5, 0.6) is 0 Å². The average molecular weight is 867 g/mol. The van der Waals surface area contributed by atoms with E-state index in [0.717, 1.165) is 29.2 Å². The van der Waals surface area contributed by atoms with E-state index < -0.39 is 0 Å². The maximum absolute atomic E-state index is 2.51. The molecule has 10 aromatic carbocycles. The molecule has 0 spiro atoms. The summed E-state index contributed by atoms with van der Waals surface area (Å²) in [5.74, 6) is 0.256. The number of fused-ring (bicyclic) bond motifs is 5. The molecule has 1 atom stereocenters. The van der Waals surface area contributed by atoms with E-state index in [2.05, 4.69) is 270 Å². The largest absolute Gasteiger partial charge is 0.313 e. The molecule has 0 bridgehead atoms. The molecule has 13 rings (SSSR count). The molecule has 0 fully saturated rings. The van der Waals surface area contributed by atoms with Gasteiger partial charge in [0.15, 0.2) is 0 Å². The highest BCUT2D eigenvalue weighted by Gasteiger charge is 2.24. The fourth-order valence-corrected chi connectivity index (χ4v) is 11.0.